The molecule has 0 aliphatic rings. The zero-order chi connectivity index (χ0) is 14.1. The van der Waals surface area contributed by atoms with E-state index >= 15 is 0 Å². The Morgan fingerprint density at radius 2 is 2.00 bits per heavy atom. The van der Waals surface area contributed by atoms with Crippen molar-refractivity contribution in [3.05, 3.63) is 40.7 Å². The van der Waals surface area contributed by atoms with Gasteiger partial charge in [-0.1, -0.05) is 19.9 Å². The van der Waals surface area contributed by atoms with Gasteiger partial charge in [0.2, 0.25) is 0 Å². The summed E-state index contributed by atoms with van der Waals surface area (Å²) >= 11 is 3.58. The molecule has 104 valence electrons. The molecule has 20 heavy (non-hydrogen) atoms. The zero-order valence-electron chi connectivity index (χ0n) is 11.9. The molecule has 0 spiro atoms. The fourth-order valence-corrected chi connectivity index (χ4v) is 4.49. The van der Waals surface area contributed by atoms with E-state index in [1.165, 1.54) is 20.0 Å². The van der Waals surface area contributed by atoms with Gasteiger partial charge < -0.3 is 5.32 Å². The standard InChI is InChI=1S/C16H18N2S2/c1-10(2)16(17-3)14-7-6-13(20-14)11-4-5-12-15(8-11)19-9-18-12/h4-10,16-17H,1-3H3. The first-order valence-electron chi connectivity index (χ1n) is 6.79. The molecule has 0 fully saturated rings. The topological polar surface area (TPSA) is 24.9 Å². The molecule has 0 saturated heterocycles. The van der Waals surface area contributed by atoms with Crippen LogP contribution in [0.5, 0.6) is 0 Å². The molecule has 2 nitrogen and oxygen atoms in total. The van der Waals surface area contributed by atoms with E-state index in [1.807, 2.05) is 23.9 Å². The van der Waals surface area contributed by atoms with Gasteiger partial charge in [-0.2, -0.15) is 0 Å². The number of rotatable bonds is 4. The molecule has 3 aromatic rings. The normalized spacial score (nSPS) is 13.2. The number of hydrogen-bond acceptors (Lipinski definition) is 4. The molecule has 0 aliphatic carbocycles. The molecule has 0 saturated carbocycles. The molecule has 1 unspecified atom stereocenters. The lowest BCUT2D eigenvalue weighted by atomic mass is 10.0. The maximum atomic E-state index is 4.34. The van der Waals surface area contributed by atoms with Crippen LogP contribution < -0.4 is 5.32 Å². The van der Waals surface area contributed by atoms with Crippen LogP contribution in [0.1, 0.15) is 24.8 Å². The van der Waals surface area contributed by atoms with Crippen LogP contribution in [0.2, 0.25) is 0 Å². The summed E-state index contributed by atoms with van der Waals surface area (Å²) in [4.78, 5) is 7.07. The van der Waals surface area contributed by atoms with Crippen LogP contribution in [0.25, 0.3) is 20.7 Å². The van der Waals surface area contributed by atoms with Crippen molar-refractivity contribution in [1.82, 2.24) is 10.3 Å². The van der Waals surface area contributed by atoms with E-state index < -0.39 is 0 Å². The van der Waals surface area contributed by atoms with Crippen molar-refractivity contribution in [2.75, 3.05) is 7.05 Å². The first kappa shape index (κ1) is 13.7. The Hall–Kier alpha value is -1.23. The summed E-state index contributed by atoms with van der Waals surface area (Å²) in [7, 11) is 2.04. The summed E-state index contributed by atoms with van der Waals surface area (Å²) in [5, 5.41) is 3.41. The number of benzene rings is 1. The molecule has 3 rings (SSSR count). The SMILES string of the molecule is CNC(c1ccc(-c2ccc3ncsc3c2)s1)C(C)C. The second-order valence-electron chi connectivity index (χ2n) is 5.25. The van der Waals surface area contributed by atoms with Crippen molar-refractivity contribution in [3.63, 3.8) is 0 Å². The Morgan fingerprint density at radius 1 is 1.15 bits per heavy atom. The maximum absolute atomic E-state index is 4.34. The molecule has 2 heterocycles. The molecule has 0 aliphatic heterocycles. The van der Waals surface area contributed by atoms with Crippen molar-refractivity contribution in [3.8, 4) is 10.4 Å². The van der Waals surface area contributed by atoms with Crippen molar-refractivity contribution in [2.45, 2.75) is 19.9 Å². The fourth-order valence-electron chi connectivity index (χ4n) is 2.49. The number of hydrogen-bond donors (Lipinski definition) is 1. The van der Waals surface area contributed by atoms with Crippen LogP contribution in [0.4, 0.5) is 0 Å². The number of nitrogens with zero attached hydrogens (tertiary/aromatic N) is 1. The van der Waals surface area contributed by atoms with Gasteiger partial charge in [0.15, 0.2) is 0 Å². The largest absolute Gasteiger partial charge is 0.312 e. The van der Waals surface area contributed by atoms with Gasteiger partial charge in [-0.3, -0.25) is 0 Å². The summed E-state index contributed by atoms with van der Waals surface area (Å²) in [6.45, 7) is 4.51. The molecule has 0 amide bonds. The minimum Gasteiger partial charge on any atom is -0.312 e. The second-order valence-corrected chi connectivity index (χ2v) is 7.25. The predicted octanol–water partition coefficient (Wildman–Crippen LogP) is 4.94. The smallest absolute Gasteiger partial charge is 0.0812 e. The maximum Gasteiger partial charge on any atom is 0.0812 e. The monoisotopic (exact) mass is 302 g/mol. The molecular formula is C16H18N2S2. The number of thiazole rings is 1. The van der Waals surface area contributed by atoms with Crippen LogP contribution >= 0.6 is 22.7 Å². The Balaban J connectivity index is 1.96. The highest BCUT2D eigenvalue weighted by molar-refractivity contribution is 7.17. The molecule has 1 atom stereocenters. The first-order chi connectivity index (χ1) is 9.69. The van der Waals surface area contributed by atoms with E-state index in [0.29, 0.717) is 12.0 Å². The van der Waals surface area contributed by atoms with Gasteiger partial charge in [0.05, 0.1) is 15.7 Å². The Bertz CT molecular complexity index is 712. The molecule has 4 heteroatoms. The van der Waals surface area contributed by atoms with Crippen LogP contribution in [-0.4, -0.2) is 12.0 Å². The van der Waals surface area contributed by atoms with Crippen LogP contribution in [0.15, 0.2) is 35.8 Å². The lowest BCUT2D eigenvalue weighted by Gasteiger charge is -2.18. The fraction of sp³-hybridized carbons (Fsp3) is 0.312. The summed E-state index contributed by atoms with van der Waals surface area (Å²) in [6, 6.07) is 11.4. The van der Waals surface area contributed by atoms with E-state index in [-0.39, 0.29) is 0 Å². The van der Waals surface area contributed by atoms with E-state index in [1.54, 1.807) is 11.3 Å². The highest BCUT2D eigenvalue weighted by atomic mass is 32.1. The lowest BCUT2D eigenvalue weighted by molar-refractivity contribution is 0.449. The van der Waals surface area contributed by atoms with Gasteiger partial charge >= 0.3 is 0 Å². The Morgan fingerprint density at radius 3 is 2.75 bits per heavy atom. The average molecular weight is 302 g/mol. The van der Waals surface area contributed by atoms with Gasteiger partial charge in [0.25, 0.3) is 0 Å². The summed E-state index contributed by atoms with van der Waals surface area (Å²) < 4.78 is 1.26. The van der Waals surface area contributed by atoms with Gasteiger partial charge in [-0.25, -0.2) is 4.98 Å². The third-order valence-corrected chi connectivity index (χ3v) is 5.54. The third kappa shape index (κ3) is 2.51. The first-order valence-corrected chi connectivity index (χ1v) is 8.49. The minimum atomic E-state index is 0.431. The van der Waals surface area contributed by atoms with Crippen LogP contribution in [0, 0.1) is 5.92 Å². The third-order valence-electron chi connectivity index (χ3n) is 3.53. The molecule has 2 aromatic heterocycles. The van der Waals surface area contributed by atoms with Crippen molar-refractivity contribution in [1.29, 1.82) is 0 Å². The van der Waals surface area contributed by atoms with Crippen molar-refractivity contribution < 1.29 is 0 Å². The van der Waals surface area contributed by atoms with Crippen LogP contribution in [0.3, 0.4) is 0 Å². The average Bonchev–Trinajstić information content (AvgIpc) is 3.06. The number of fused-ring (bicyclic) bond motifs is 1. The van der Waals surface area contributed by atoms with Crippen LogP contribution in [-0.2, 0) is 0 Å². The van der Waals surface area contributed by atoms with Gasteiger partial charge in [0, 0.05) is 15.8 Å². The Kier molecular flexibility index (Phi) is 3.87. The molecular weight excluding hydrogens is 284 g/mol. The summed E-state index contributed by atoms with van der Waals surface area (Å²) in [6.07, 6.45) is 0. The van der Waals surface area contributed by atoms with Crippen molar-refractivity contribution in [2.24, 2.45) is 5.92 Å². The van der Waals surface area contributed by atoms with Gasteiger partial charge in [-0.05, 0) is 42.8 Å². The zero-order valence-corrected chi connectivity index (χ0v) is 13.5. The Labute approximate surface area is 127 Å². The van der Waals surface area contributed by atoms with E-state index in [0.717, 1.165) is 5.52 Å². The van der Waals surface area contributed by atoms with E-state index in [9.17, 15) is 0 Å². The molecule has 1 N–H and O–H groups in total. The summed E-state index contributed by atoms with van der Waals surface area (Å²) in [5.74, 6) is 0.593. The molecule has 1 aromatic carbocycles. The number of nitrogens with one attached hydrogen (secondary N) is 1. The minimum absolute atomic E-state index is 0.431. The summed E-state index contributed by atoms with van der Waals surface area (Å²) in [5.41, 5.74) is 4.28. The quantitative estimate of drug-likeness (QED) is 0.738. The van der Waals surface area contributed by atoms with Crippen molar-refractivity contribution >= 4 is 32.9 Å². The lowest BCUT2D eigenvalue weighted by Crippen LogP contribution is -2.20. The van der Waals surface area contributed by atoms with Gasteiger partial charge in [0.1, 0.15) is 0 Å². The highest BCUT2D eigenvalue weighted by Gasteiger charge is 2.16. The van der Waals surface area contributed by atoms with E-state index in [2.05, 4.69) is 54.5 Å². The molecule has 0 bridgehead atoms. The van der Waals surface area contributed by atoms with Gasteiger partial charge in [-0.15, -0.1) is 22.7 Å². The number of aromatic nitrogens is 1. The highest BCUT2D eigenvalue weighted by Crippen LogP contribution is 2.35. The number of thiophene rings is 1. The molecule has 0 radical (unpaired) electrons. The second kappa shape index (κ2) is 5.64. The predicted molar refractivity (Wildman–Crippen MR) is 89.6 cm³/mol. The van der Waals surface area contributed by atoms with E-state index in [4.69, 9.17) is 0 Å².